The quantitative estimate of drug-likeness (QED) is 0.377. The Hall–Kier alpha value is -3.85. The molecule has 2 heterocycles. The van der Waals surface area contributed by atoms with Crippen molar-refractivity contribution in [1.29, 1.82) is 10.5 Å². The zero-order chi connectivity index (χ0) is 17.7. The molecule has 0 spiro atoms. The molecule has 24 heavy (non-hydrogen) atoms. The van der Waals surface area contributed by atoms with Gasteiger partial charge in [0.15, 0.2) is 11.3 Å². The van der Waals surface area contributed by atoms with Gasteiger partial charge in [0.25, 0.3) is 0 Å². The van der Waals surface area contributed by atoms with E-state index in [0.717, 1.165) is 6.20 Å². The Kier molecular flexibility index (Phi) is 4.78. The van der Waals surface area contributed by atoms with Gasteiger partial charge in [0.1, 0.15) is 12.1 Å². The van der Waals surface area contributed by atoms with Crippen LogP contribution in [0.3, 0.4) is 0 Å². The lowest BCUT2D eigenvalue weighted by atomic mass is 10.1. The fraction of sp³-hybridized carbons (Fsp3) is 0.133. The topological polar surface area (TPSA) is 143 Å². The molecule has 2 rings (SSSR count). The first kappa shape index (κ1) is 16.5. The van der Waals surface area contributed by atoms with E-state index in [1.807, 2.05) is 0 Å². The highest BCUT2D eigenvalue weighted by atomic mass is 16.5. The second kappa shape index (κ2) is 6.94. The van der Waals surface area contributed by atoms with Crippen LogP contribution in [0.4, 0.5) is 5.82 Å². The first-order valence-corrected chi connectivity index (χ1v) is 6.79. The highest BCUT2D eigenvalue weighted by molar-refractivity contribution is 5.48. The zero-order valence-corrected chi connectivity index (χ0v) is 12.6. The van der Waals surface area contributed by atoms with Gasteiger partial charge in [0.2, 0.25) is 11.6 Å². The third kappa shape index (κ3) is 3.00. The SMILES string of the molecule is CCN1C(O)=C(/N=N/c2c(O)ccc[n+]2[O-])C=CC1=C(C#N)C#N. The first-order chi connectivity index (χ1) is 11.5. The van der Waals surface area contributed by atoms with Crippen LogP contribution in [-0.4, -0.2) is 21.7 Å². The zero-order valence-electron chi connectivity index (χ0n) is 12.6. The van der Waals surface area contributed by atoms with Gasteiger partial charge >= 0.3 is 5.82 Å². The number of nitrogens with zero attached hydrogens (tertiary/aromatic N) is 6. The molecule has 0 bridgehead atoms. The maximum atomic E-state index is 11.6. The minimum absolute atomic E-state index is 0.0130. The maximum absolute atomic E-state index is 11.6. The number of likely N-dealkylation sites (N-methyl/N-ethyl adjacent to an activating group) is 1. The Morgan fingerprint density at radius 1 is 1.29 bits per heavy atom. The molecular formula is C15H12N6O3. The Labute approximate surface area is 137 Å². The van der Waals surface area contributed by atoms with Crippen molar-refractivity contribution in [2.75, 3.05) is 6.54 Å². The number of pyridine rings is 1. The van der Waals surface area contributed by atoms with E-state index in [0.29, 0.717) is 4.73 Å². The van der Waals surface area contributed by atoms with Crippen molar-refractivity contribution in [2.24, 2.45) is 10.2 Å². The van der Waals surface area contributed by atoms with Crippen LogP contribution in [0.25, 0.3) is 0 Å². The summed E-state index contributed by atoms with van der Waals surface area (Å²) in [5.74, 6) is -1.01. The molecule has 1 aromatic heterocycles. The van der Waals surface area contributed by atoms with Crippen molar-refractivity contribution in [1.82, 2.24) is 4.90 Å². The molecule has 0 radical (unpaired) electrons. The number of rotatable bonds is 3. The summed E-state index contributed by atoms with van der Waals surface area (Å²) in [5, 5.41) is 56.7. The summed E-state index contributed by atoms with van der Waals surface area (Å²) in [6.45, 7) is 1.99. The first-order valence-electron chi connectivity index (χ1n) is 6.79. The van der Waals surface area contributed by atoms with Crippen LogP contribution >= 0.6 is 0 Å². The number of aliphatic hydroxyl groups is 1. The lowest BCUT2D eigenvalue weighted by Gasteiger charge is -2.25. The van der Waals surface area contributed by atoms with Crippen LogP contribution in [-0.2, 0) is 0 Å². The number of aromatic hydroxyl groups is 1. The molecule has 0 aromatic carbocycles. The predicted octanol–water partition coefficient (Wildman–Crippen LogP) is 2.03. The number of aromatic nitrogens is 1. The molecule has 120 valence electrons. The van der Waals surface area contributed by atoms with Gasteiger partial charge in [-0.25, -0.2) is 4.73 Å². The summed E-state index contributed by atoms with van der Waals surface area (Å²) in [4.78, 5) is 1.31. The summed E-state index contributed by atoms with van der Waals surface area (Å²) < 4.78 is 0.329. The summed E-state index contributed by atoms with van der Waals surface area (Å²) in [6, 6.07) is 6.13. The van der Waals surface area contributed by atoms with E-state index >= 15 is 0 Å². The van der Waals surface area contributed by atoms with Gasteiger partial charge in [-0.05, 0) is 36.3 Å². The second-order valence-electron chi connectivity index (χ2n) is 4.51. The van der Waals surface area contributed by atoms with Crippen LogP contribution in [0.2, 0.25) is 0 Å². The van der Waals surface area contributed by atoms with Crippen molar-refractivity contribution < 1.29 is 14.9 Å². The molecule has 1 aromatic rings. The van der Waals surface area contributed by atoms with Gasteiger partial charge in [-0.2, -0.15) is 10.5 Å². The van der Waals surface area contributed by atoms with Gasteiger partial charge < -0.3 is 20.3 Å². The van der Waals surface area contributed by atoms with Gasteiger partial charge in [-0.1, -0.05) is 0 Å². The Morgan fingerprint density at radius 2 is 2.00 bits per heavy atom. The van der Waals surface area contributed by atoms with E-state index in [9.17, 15) is 15.4 Å². The van der Waals surface area contributed by atoms with Crippen molar-refractivity contribution in [3.63, 3.8) is 0 Å². The van der Waals surface area contributed by atoms with Crippen molar-refractivity contribution in [2.45, 2.75) is 6.92 Å². The highest BCUT2D eigenvalue weighted by Gasteiger charge is 2.23. The molecule has 0 saturated carbocycles. The van der Waals surface area contributed by atoms with Gasteiger partial charge in [0.05, 0.1) is 17.0 Å². The number of hydrogen-bond acceptors (Lipinski definition) is 8. The van der Waals surface area contributed by atoms with Crippen LogP contribution < -0.4 is 4.73 Å². The number of nitriles is 2. The molecule has 9 heteroatoms. The summed E-state index contributed by atoms with van der Waals surface area (Å²) in [5.41, 5.74) is 0.0909. The molecule has 9 nitrogen and oxygen atoms in total. The van der Waals surface area contributed by atoms with Crippen LogP contribution in [0.1, 0.15) is 6.92 Å². The van der Waals surface area contributed by atoms with Crippen LogP contribution in [0.5, 0.6) is 5.75 Å². The van der Waals surface area contributed by atoms with Crippen LogP contribution in [0.15, 0.2) is 63.6 Å². The molecule has 2 N–H and O–H groups in total. The minimum Gasteiger partial charge on any atom is -0.710 e. The van der Waals surface area contributed by atoms with E-state index in [1.54, 1.807) is 19.1 Å². The van der Waals surface area contributed by atoms with Crippen molar-refractivity contribution >= 4 is 5.82 Å². The Bertz CT molecular complexity index is 834. The minimum atomic E-state index is -0.361. The molecule has 1 aliphatic rings. The highest BCUT2D eigenvalue weighted by Crippen LogP contribution is 2.27. The Balaban J connectivity index is 2.44. The van der Waals surface area contributed by atoms with Crippen LogP contribution in [0, 0.1) is 27.9 Å². The number of aliphatic hydroxyl groups excluding tert-OH is 1. The van der Waals surface area contributed by atoms with Crippen molar-refractivity contribution in [3.8, 4) is 17.9 Å². The smallest absolute Gasteiger partial charge is 0.395 e. The fourth-order valence-corrected chi connectivity index (χ4v) is 2.00. The molecule has 0 fully saturated rings. The van der Waals surface area contributed by atoms with E-state index in [4.69, 9.17) is 10.5 Å². The maximum Gasteiger partial charge on any atom is 0.395 e. The third-order valence-corrected chi connectivity index (χ3v) is 3.14. The second-order valence-corrected chi connectivity index (χ2v) is 4.51. The summed E-state index contributed by atoms with van der Waals surface area (Å²) in [6.07, 6.45) is 3.93. The molecular weight excluding hydrogens is 312 g/mol. The van der Waals surface area contributed by atoms with E-state index in [2.05, 4.69) is 10.2 Å². The average Bonchev–Trinajstić information content (AvgIpc) is 2.57. The Morgan fingerprint density at radius 3 is 2.58 bits per heavy atom. The van der Waals surface area contributed by atoms with E-state index < -0.39 is 0 Å². The summed E-state index contributed by atoms with van der Waals surface area (Å²) in [7, 11) is 0. The number of azo groups is 1. The molecule has 0 unspecified atom stereocenters. The third-order valence-electron chi connectivity index (χ3n) is 3.14. The molecule has 0 aliphatic carbocycles. The molecule has 0 amide bonds. The molecule has 0 atom stereocenters. The van der Waals surface area contributed by atoms with Gasteiger partial charge in [-0.15, -0.1) is 0 Å². The largest absolute Gasteiger partial charge is 0.710 e. The summed E-state index contributed by atoms with van der Waals surface area (Å²) >= 11 is 0. The van der Waals surface area contributed by atoms with E-state index in [1.165, 1.54) is 29.2 Å². The average molecular weight is 324 g/mol. The van der Waals surface area contributed by atoms with E-state index in [-0.39, 0.29) is 41.0 Å². The predicted molar refractivity (Wildman–Crippen MR) is 81.0 cm³/mol. The molecule has 1 aliphatic heterocycles. The van der Waals surface area contributed by atoms with Gasteiger partial charge in [0, 0.05) is 6.54 Å². The normalized spacial score (nSPS) is 14.0. The lowest BCUT2D eigenvalue weighted by Crippen LogP contribution is -2.26. The monoisotopic (exact) mass is 324 g/mol. The fourth-order valence-electron chi connectivity index (χ4n) is 2.00. The lowest BCUT2D eigenvalue weighted by molar-refractivity contribution is -0.592. The standard InChI is InChI=1S/C15H12N6O3/c1-2-20-12(10(8-16)9-17)6-5-11(15(20)23)18-19-14-13(22)4-3-7-21(14)24/h3-7,22-23H,2H2,1H3/b19-18+. The number of allylic oxidation sites excluding steroid dienone is 3. The molecule has 0 saturated heterocycles. The van der Waals surface area contributed by atoms with Crippen molar-refractivity contribution in [3.05, 3.63) is 58.5 Å². The van der Waals surface area contributed by atoms with Gasteiger partial charge in [-0.3, -0.25) is 0 Å². The number of hydrogen-bond donors (Lipinski definition) is 2.